The van der Waals surface area contributed by atoms with E-state index in [2.05, 4.69) is 44.9 Å². The molecular weight excluding hydrogens is 266 g/mol. The summed E-state index contributed by atoms with van der Waals surface area (Å²) in [6.07, 6.45) is 1.79. The lowest BCUT2D eigenvalue weighted by Gasteiger charge is -2.24. The number of halogens is 1. The van der Waals surface area contributed by atoms with Crippen molar-refractivity contribution in [3.05, 3.63) is 23.9 Å². The lowest BCUT2D eigenvalue weighted by Crippen LogP contribution is -2.29. The van der Waals surface area contributed by atoms with Crippen LogP contribution >= 0.6 is 15.9 Å². The number of anilines is 1. The SMILES string of the molecule is CCN(CC(C)C#N)c1ncccc1CBr. The molecule has 0 fully saturated rings. The highest BCUT2D eigenvalue weighted by molar-refractivity contribution is 9.08. The van der Waals surface area contributed by atoms with Crippen LogP contribution in [0.4, 0.5) is 5.82 Å². The van der Waals surface area contributed by atoms with Crippen LogP contribution in [0.25, 0.3) is 0 Å². The van der Waals surface area contributed by atoms with Crippen LogP contribution in [0.3, 0.4) is 0 Å². The minimum absolute atomic E-state index is 0.0186. The van der Waals surface area contributed by atoms with E-state index in [1.165, 1.54) is 0 Å². The summed E-state index contributed by atoms with van der Waals surface area (Å²) in [5.41, 5.74) is 1.16. The summed E-state index contributed by atoms with van der Waals surface area (Å²) in [5, 5.41) is 9.63. The van der Waals surface area contributed by atoms with Crippen molar-refractivity contribution >= 4 is 21.7 Å². The zero-order valence-corrected chi connectivity index (χ0v) is 11.2. The van der Waals surface area contributed by atoms with Crippen LogP contribution in [0.1, 0.15) is 19.4 Å². The van der Waals surface area contributed by atoms with Crippen molar-refractivity contribution in [3.8, 4) is 6.07 Å². The Labute approximate surface area is 105 Å². The average molecular weight is 282 g/mol. The van der Waals surface area contributed by atoms with E-state index < -0.39 is 0 Å². The minimum Gasteiger partial charge on any atom is -0.355 e. The molecule has 0 aliphatic carbocycles. The van der Waals surface area contributed by atoms with Gasteiger partial charge >= 0.3 is 0 Å². The first-order chi connectivity index (χ1) is 7.72. The average Bonchev–Trinajstić information content (AvgIpc) is 2.35. The second-order valence-electron chi connectivity index (χ2n) is 3.69. The molecule has 1 aromatic heterocycles. The van der Waals surface area contributed by atoms with Crippen molar-refractivity contribution in [3.63, 3.8) is 0 Å². The van der Waals surface area contributed by atoms with E-state index in [1.54, 1.807) is 6.20 Å². The number of hydrogen-bond acceptors (Lipinski definition) is 3. The van der Waals surface area contributed by atoms with Crippen LogP contribution in [0.2, 0.25) is 0 Å². The quantitative estimate of drug-likeness (QED) is 0.779. The number of nitrogens with zero attached hydrogens (tertiary/aromatic N) is 3. The van der Waals surface area contributed by atoms with Gasteiger partial charge in [0.1, 0.15) is 5.82 Å². The third kappa shape index (κ3) is 3.21. The van der Waals surface area contributed by atoms with Gasteiger partial charge in [-0.2, -0.15) is 5.26 Å². The summed E-state index contributed by atoms with van der Waals surface area (Å²) in [5.74, 6) is 0.995. The predicted octanol–water partition coefficient (Wildman–Crippen LogP) is 2.96. The monoisotopic (exact) mass is 281 g/mol. The van der Waals surface area contributed by atoms with Crippen LogP contribution in [0.5, 0.6) is 0 Å². The van der Waals surface area contributed by atoms with Gasteiger partial charge < -0.3 is 4.90 Å². The van der Waals surface area contributed by atoms with Gasteiger partial charge in [0.2, 0.25) is 0 Å². The Morgan fingerprint density at radius 3 is 2.94 bits per heavy atom. The highest BCUT2D eigenvalue weighted by atomic mass is 79.9. The topological polar surface area (TPSA) is 39.9 Å². The molecule has 0 saturated heterocycles. The molecule has 0 N–H and O–H groups in total. The van der Waals surface area contributed by atoms with Crippen molar-refractivity contribution < 1.29 is 0 Å². The first-order valence-electron chi connectivity index (χ1n) is 5.37. The molecule has 1 unspecified atom stereocenters. The molecule has 1 atom stereocenters. The van der Waals surface area contributed by atoms with Gasteiger partial charge in [0, 0.05) is 30.2 Å². The van der Waals surface area contributed by atoms with E-state index >= 15 is 0 Å². The predicted molar refractivity (Wildman–Crippen MR) is 69.5 cm³/mol. The highest BCUT2D eigenvalue weighted by Gasteiger charge is 2.12. The maximum absolute atomic E-state index is 8.85. The van der Waals surface area contributed by atoms with Crippen molar-refractivity contribution in [2.75, 3.05) is 18.0 Å². The molecule has 0 saturated carbocycles. The van der Waals surface area contributed by atoms with Gasteiger partial charge in [-0.3, -0.25) is 0 Å². The van der Waals surface area contributed by atoms with E-state index in [0.717, 1.165) is 29.8 Å². The maximum atomic E-state index is 8.85. The van der Waals surface area contributed by atoms with Gasteiger partial charge in [-0.15, -0.1) is 0 Å². The molecule has 3 nitrogen and oxygen atoms in total. The standard InChI is InChI=1S/C12H16BrN3/c1-3-16(9-10(2)8-14)12-11(7-13)5-4-6-15-12/h4-6,10H,3,7,9H2,1-2H3. The molecule has 0 spiro atoms. The molecule has 4 heteroatoms. The van der Waals surface area contributed by atoms with Crippen molar-refractivity contribution in [1.29, 1.82) is 5.26 Å². The van der Waals surface area contributed by atoms with E-state index in [4.69, 9.17) is 5.26 Å². The summed E-state index contributed by atoms with van der Waals surface area (Å²) < 4.78 is 0. The van der Waals surface area contributed by atoms with E-state index in [0.29, 0.717) is 0 Å². The summed E-state index contributed by atoms with van der Waals surface area (Å²) in [6, 6.07) is 6.24. The Morgan fingerprint density at radius 2 is 2.38 bits per heavy atom. The van der Waals surface area contributed by atoms with Crippen molar-refractivity contribution in [2.45, 2.75) is 19.2 Å². The number of aromatic nitrogens is 1. The van der Waals surface area contributed by atoms with Gasteiger partial charge in [0.25, 0.3) is 0 Å². The first kappa shape index (κ1) is 13.0. The highest BCUT2D eigenvalue weighted by Crippen LogP contribution is 2.20. The van der Waals surface area contributed by atoms with E-state index in [1.807, 2.05) is 13.0 Å². The summed E-state index contributed by atoms with van der Waals surface area (Å²) in [7, 11) is 0. The molecule has 1 heterocycles. The summed E-state index contributed by atoms with van der Waals surface area (Å²) >= 11 is 3.46. The minimum atomic E-state index is 0.0186. The largest absolute Gasteiger partial charge is 0.355 e. The van der Waals surface area contributed by atoms with Crippen LogP contribution in [-0.2, 0) is 5.33 Å². The Bertz CT molecular complexity index is 373. The normalized spacial score (nSPS) is 11.9. The first-order valence-corrected chi connectivity index (χ1v) is 6.49. The molecular formula is C12H16BrN3. The van der Waals surface area contributed by atoms with Gasteiger partial charge in [0.15, 0.2) is 0 Å². The fourth-order valence-corrected chi connectivity index (χ4v) is 1.99. The van der Waals surface area contributed by atoms with E-state index in [-0.39, 0.29) is 5.92 Å². The molecule has 0 aliphatic heterocycles. The third-order valence-corrected chi connectivity index (χ3v) is 3.01. The lowest BCUT2D eigenvalue weighted by molar-refractivity contribution is 0.677. The Hall–Kier alpha value is -1.08. The third-order valence-electron chi connectivity index (χ3n) is 2.41. The lowest BCUT2D eigenvalue weighted by atomic mass is 10.2. The van der Waals surface area contributed by atoms with Gasteiger partial charge in [-0.05, 0) is 19.9 Å². The number of hydrogen-bond donors (Lipinski definition) is 0. The van der Waals surface area contributed by atoms with Gasteiger partial charge in [-0.25, -0.2) is 4.98 Å². The molecule has 0 radical (unpaired) electrons. The van der Waals surface area contributed by atoms with Crippen molar-refractivity contribution in [2.24, 2.45) is 5.92 Å². The number of nitriles is 1. The van der Waals surface area contributed by atoms with Crippen LogP contribution in [-0.4, -0.2) is 18.1 Å². The summed E-state index contributed by atoms with van der Waals surface area (Å²) in [4.78, 5) is 6.54. The van der Waals surface area contributed by atoms with Crippen LogP contribution in [0, 0.1) is 17.2 Å². The molecule has 1 rings (SSSR count). The zero-order valence-electron chi connectivity index (χ0n) is 9.65. The summed E-state index contributed by atoms with van der Waals surface area (Å²) in [6.45, 7) is 5.60. The smallest absolute Gasteiger partial charge is 0.132 e. The second-order valence-corrected chi connectivity index (χ2v) is 4.25. The molecule has 86 valence electrons. The number of pyridine rings is 1. The van der Waals surface area contributed by atoms with Crippen molar-refractivity contribution in [1.82, 2.24) is 4.98 Å². The molecule has 0 amide bonds. The Morgan fingerprint density at radius 1 is 1.62 bits per heavy atom. The van der Waals surface area contributed by atoms with Crippen LogP contribution < -0.4 is 4.90 Å². The second kappa shape index (κ2) is 6.49. The molecule has 0 aliphatic rings. The van der Waals surface area contributed by atoms with Gasteiger partial charge in [-0.1, -0.05) is 22.0 Å². The number of rotatable bonds is 5. The molecule has 0 bridgehead atoms. The van der Waals surface area contributed by atoms with Crippen LogP contribution in [0.15, 0.2) is 18.3 Å². The Kier molecular flexibility index (Phi) is 5.27. The molecule has 1 aromatic rings. The molecule has 16 heavy (non-hydrogen) atoms. The van der Waals surface area contributed by atoms with E-state index in [9.17, 15) is 0 Å². The van der Waals surface area contributed by atoms with Gasteiger partial charge in [0.05, 0.1) is 12.0 Å². The zero-order chi connectivity index (χ0) is 12.0. The fraction of sp³-hybridized carbons (Fsp3) is 0.500. The Balaban J connectivity index is 2.90. The molecule has 0 aromatic carbocycles. The maximum Gasteiger partial charge on any atom is 0.132 e. The number of alkyl halides is 1. The fourth-order valence-electron chi connectivity index (χ4n) is 1.56.